The third kappa shape index (κ3) is 4.00. The predicted octanol–water partition coefficient (Wildman–Crippen LogP) is 2.74. The quantitative estimate of drug-likeness (QED) is 0.403. The molecule has 4 rings (SSSR count). The van der Waals surface area contributed by atoms with Gasteiger partial charge in [-0.15, -0.1) is 0 Å². The molecule has 4 bridgehead atoms. The largest absolute Gasteiger partial charge is 0.390 e. The van der Waals surface area contributed by atoms with E-state index in [0.717, 1.165) is 24.2 Å². The number of hydrogen-bond acceptors (Lipinski definition) is 4. The number of carbonyl (C=O) groups is 1. The predicted molar refractivity (Wildman–Crippen MR) is 96.4 cm³/mol. The molecule has 0 aromatic rings. The highest BCUT2D eigenvalue weighted by Gasteiger charge is 2.53. The lowest BCUT2D eigenvalue weighted by Gasteiger charge is -2.59. The molecule has 0 radical (unpaired) electrons. The van der Waals surface area contributed by atoms with Gasteiger partial charge in [0.1, 0.15) is 11.6 Å². The summed E-state index contributed by atoms with van der Waals surface area (Å²) in [5.74, 6) is 2.34. The van der Waals surface area contributed by atoms with Crippen LogP contribution in [-0.2, 0) is 9.53 Å². The monoisotopic (exact) mass is 345 g/mol. The molecular weight excluding hydrogens is 314 g/mol. The van der Waals surface area contributed by atoms with Gasteiger partial charge in [-0.2, -0.15) is 5.26 Å². The van der Waals surface area contributed by atoms with Crippen LogP contribution in [0.25, 0.3) is 0 Å². The molecule has 4 fully saturated rings. The van der Waals surface area contributed by atoms with E-state index in [4.69, 9.17) is 4.74 Å². The fourth-order valence-corrected chi connectivity index (χ4v) is 5.78. The Hall–Kier alpha value is -1.54. The number of nitrogens with one attached hydrogen (secondary N) is 2. The first-order valence-corrected chi connectivity index (χ1v) is 9.70. The minimum Gasteiger partial charge on any atom is -0.390 e. The van der Waals surface area contributed by atoms with Crippen molar-refractivity contribution in [1.29, 1.82) is 5.26 Å². The highest BCUT2D eigenvalue weighted by molar-refractivity contribution is 5.97. The van der Waals surface area contributed by atoms with Gasteiger partial charge in [0.2, 0.25) is 0 Å². The summed E-state index contributed by atoms with van der Waals surface area (Å²) >= 11 is 0. The SMILES string of the molecule is COCCCN/C=C(/C#N)C(=O)NC(C)C12CC3CC(CC(C3)C1)C2. The second-order valence-corrected chi connectivity index (χ2v) is 8.45. The van der Waals surface area contributed by atoms with Gasteiger partial charge in [-0.25, -0.2) is 0 Å². The Labute approximate surface area is 151 Å². The van der Waals surface area contributed by atoms with Crippen LogP contribution < -0.4 is 10.6 Å². The zero-order chi connectivity index (χ0) is 17.9. The first kappa shape index (κ1) is 18.3. The molecule has 5 heteroatoms. The van der Waals surface area contributed by atoms with E-state index in [2.05, 4.69) is 17.6 Å². The van der Waals surface area contributed by atoms with E-state index in [1.807, 2.05) is 6.07 Å². The maximum atomic E-state index is 12.5. The fraction of sp³-hybridized carbons (Fsp3) is 0.800. The normalized spacial score (nSPS) is 34.4. The summed E-state index contributed by atoms with van der Waals surface area (Å²) in [7, 11) is 1.66. The van der Waals surface area contributed by atoms with Gasteiger partial charge in [0.25, 0.3) is 5.91 Å². The Balaban J connectivity index is 1.56. The van der Waals surface area contributed by atoms with Crippen LogP contribution in [0.2, 0.25) is 0 Å². The second-order valence-electron chi connectivity index (χ2n) is 8.45. The topological polar surface area (TPSA) is 74.1 Å². The molecule has 0 saturated heterocycles. The fourth-order valence-electron chi connectivity index (χ4n) is 5.78. The summed E-state index contributed by atoms with van der Waals surface area (Å²) in [6.07, 6.45) is 10.3. The Morgan fingerprint density at radius 1 is 1.28 bits per heavy atom. The summed E-state index contributed by atoms with van der Waals surface area (Å²) in [6, 6.07) is 2.16. The number of methoxy groups -OCH3 is 1. The van der Waals surface area contributed by atoms with Gasteiger partial charge in [-0.1, -0.05) is 0 Å². The van der Waals surface area contributed by atoms with Crippen molar-refractivity contribution in [2.45, 2.75) is 57.9 Å². The third-order valence-electron chi connectivity index (χ3n) is 6.63. The van der Waals surface area contributed by atoms with E-state index in [9.17, 15) is 10.1 Å². The molecule has 0 aromatic carbocycles. The Kier molecular flexibility index (Phi) is 5.68. The van der Waals surface area contributed by atoms with Crippen molar-refractivity contribution in [2.24, 2.45) is 23.2 Å². The average molecular weight is 345 g/mol. The first-order chi connectivity index (χ1) is 12.1. The van der Waals surface area contributed by atoms with Gasteiger partial charge < -0.3 is 15.4 Å². The summed E-state index contributed by atoms with van der Waals surface area (Å²) < 4.78 is 4.99. The Morgan fingerprint density at radius 3 is 2.40 bits per heavy atom. The minimum atomic E-state index is -0.245. The molecule has 5 nitrogen and oxygen atoms in total. The standard InChI is InChI=1S/C20H31N3O2/c1-14(20-9-15-6-16(10-20)8-17(7-15)11-20)23-19(24)18(12-21)13-22-4-3-5-25-2/h13-17,22H,3-11H2,1-2H3,(H,23,24)/b18-13-. The maximum Gasteiger partial charge on any atom is 0.263 e. The van der Waals surface area contributed by atoms with Gasteiger partial charge in [0.05, 0.1) is 0 Å². The van der Waals surface area contributed by atoms with Crippen LogP contribution >= 0.6 is 0 Å². The lowest BCUT2D eigenvalue weighted by atomic mass is 9.48. The Bertz CT molecular complexity index is 528. The summed E-state index contributed by atoms with van der Waals surface area (Å²) in [4.78, 5) is 12.5. The molecule has 0 aliphatic heterocycles. The van der Waals surface area contributed by atoms with Crippen molar-refractivity contribution in [3.8, 4) is 6.07 Å². The molecule has 1 amide bonds. The van der Waals surface area contributed by atoms with Crippen LogP contribution in [0.15, 0.2) is 11.8 Å². The zero-order valence-electron chi connectivity index (χ0n) is 15.5. The molecule has 0 spiro atoms. The molecule has 0 aromatic heterocycles. The summed E-state index contributed by atoms with van der Waals surface area (Å²) in [5, 5.41) is 15.5. The van der Waals surface area contributed by atoms with Gasteiger partial charge in [0, 0.05) is 32.5 Å². The van der Waals surface area contributed by atoms with Crippen molar-refractivity contribution in [2.75, 3.05) is 20.3 Å². The number of amides is 1. The molecule has 25 heavy (non-hydrogen) atoms. The van der Waals surface area contributed by atoms with Crippen molar-refractivity contribution in [3.63, 3.8) is 0 Å². The average Bonchev–Trinajstić information content (AvgIpc) is 2.56. The van der Waals surface area contributed by atoms with E-state index < -0.39 is 0 Å². The highest BCUT2D eigenvalue weighted by Crippen LogP contribution is 2.61. The van der Waals surface area contributed by atoms with E-state index in [-0.39, 0.29) is 22.9 Å². The van der Waals surface area contributed by atoms with Crippen LogP contribution in [0, 0.1) is 34.5 Å². The maximum absolute atomic E-state index is 12.5. The van der Waals surface area contributed by atoms with Crippen LogP contribution in [0.5, 0.6) is 0 Å². The van der Waals surface area contributed by atoms with Gasteiger partial charge >= 0.3 is 0 Å². The highest BCUT2D eigenvalue weighted by atomic mass is 16.5. The molecule has 0 heterocycles. The summed E-state index contributed by atoms with van der Waals surface area (Å²) in [5.41, 5.74) is 0.422. The number of rotatable bonds is 8. The van der Waals surface area contributed by atoms with E-state index in [1.165, 1.54) is 44.7 Å². The second kappa shape index (κ2) is 7.78. The molecule has 1 atom stereocenters. The smallest absolute Gasteiger partial charge is 0.263 e. The first-order valence-electron chi connectivity index (χ1n) is 9.70. The lowest BCUT2D eigenvalue weighted by Crippen LogP contribution is -2.56. The molecule has 4 aliphatic rings. The number of nitrogens with zero attached hydrogens (tertiary/aromatic N) is 1. The molecule has 4 saturated carbocycles. The van der Waals surface area contributed by atoms with E-state index in [1.54, 1.807) is 7.11 Å². The molecule has 1 unspecified atom stereocenters. The van der Waals surface area contributed by atoms with Gasteiger partial charge in [-0.05, 0) is 75.0 Å². The number of ether oxygens (including phenoxy) is 1. The lowest BCUT2D eigenvalue weighted by molar-refractivity contribution is -0.122. The number of nitriles is 1. The van der Waals surface area contributed by atoms with E-state index in [0.29, 0.717) is 13.2 Å². The van der Waals surface area contributed by atoms with Crippen LogP contribution in [0.1, 0.15) is 51.9 Å². The van der Waals surface area contributed by atoms with Gasteiger partial charge in [-0.3, -0.25) is 4.79 Å². The zero-order valence-corrected chi connectivity index (χ0v) is 15.5. The number of hydrogen-bond donors (Lipinski definition) is 2. The van der Waals surface area contributed by atoms with Crippen molar-refractivity contribution in [3.05, 3.63) is 11.8 Å². The van der Waals surface area contributed by atoms with Crippen molar-refractivity contribution < 1.29 is 9.53 Å². The summed E-state index contributed by atoms with van der Waals surface area (Å²) in [6.45, 7) is 3.50. The Morgan fingerprint density at radius 2 is 1.88 bits per heavy atom. The number of carbonyl (C=O) groups excluding carboxylic acids is 1. The van der Waals surface area contributed by atoms with Crippen LogP contribution in [0.3, 0.4) is 0 Å². The molecule has 2 N–H and O–H groups in total. The molecular formula is C20H31N3O2. The van der Waals surface area contributed by atoms with Gasteiger partial charge in [0.15, 0.2) is 0 Å². The third-order valence-corrected chi connectivity index (χ3v) is 6.63. The van der Waals surface area contributed by atoms with Crippen LogP contribution in [-0.4, -0.2) is 32.2 Å². The minimum absolute atomic E-state index is 0.138. The van der Waals surface area contributed by atoms with Crippen LogP contribution in [0.4, 0.5) is 0 Å². The van der Waals surface area contributed by atoms with Crippen molar-refractivity contribution in [1.82, 2.24) is 10.6 Å². The van der Waals surface area contributed by atoms with E-state index >= 15 is 0 Å². The molecule has 4 aliphatic carbocycles. The molecule has 138 valence electrons. The van der Waals surface area contributed by atoms with Crippen molar-refractivity contribution >= 4 is 5.91 Å².